The Hall–Kier alpha value is -2.49. The van der Waals surface area contributed by atoms with Crippen LogP contribution in [-0.2, 0) is 9.53 Å². The number of hydrogen-bond donors (Lipinski definition) is 0. The zero-order valence-electron chi connectivity index (χ0n) is 22.9. The molecule has 4 heteroatoms. The van der Waals surface area contributed by atoms with E-state index in [-0.39, 0.29) is 12.1 Å². The number of unbranched alkanes of at least 4 members (excludes halogenated alkanes) is 10. The Bertz CT molecular complexity index is 813. The predicted molar refractivity (Wildman–Crippen MR) is 150 cm³/mol. The normalized spacial score (nSPS) is 11.8. The van der Waals surface area contributed by atoms with Crippen LogP contribution in [0.5, 0.6) is 11.5 Å². The van der Waals surface area contributed by atoms with Gasteiger partial charge in [-0.3, -0.25) is 4.79 Å². The Morgan fingerprint density at radius 3 is 1.67 bits per heavy atom. The molecule has 0 aromatic heterocycles. The van der Waals surface area contributed by atoms with Crippen LogP contribution in [-0.4, -0.2) is 25.3 Å². The van der Waals surface area contributed by atoms with E-state index in [1.54, 1.807) is 0 Å². The summed E-state index contributed by atoms with van der Waals surface area (Å²) < 4.78 is 17.2. The molecule has 1 unspecified atom stereocenters. The fourth-order valence-corrected chi connectivity index (χ4v) is 4.14. The molecule has 0 heterocycles. The molecule has 2 aromatic rings. The topological polar surface area (TPSA) is 44.8 Å². The predicted octanol–water partition coefficient (Wildman–Crippen LogP) is 9.15. The molecule has 0 radical (unpaired) electrons. The Labute approximate surface area is 219 Å². The van der Waals surface area contributed by atoms with Gasteiger partial charge in [0.15, 0.2) is 0 Å². The third-order valence-corrected chi connectivity index (χ3v) is 6.36. The smallest absolute Gasteiger partial charge is 0.306 e. The molecule has 2 aromatic carbocycles. The van der Waals surface area contributed by atoms with E-state index in [1.807, 2.05) is 31.2 Å². The fourth-order valence-electron chi connectivity index (χ4n) is 4.14. The third kappa shape index (κ3) is 13.0. The lowest BCUT2D eigenvalue weighted by Gasteiger charge is -2.14. The molecule has 0 aliphatic rings. The maximum absolute atomic E-state index is 11.8. The first-order chi connectivity index (χ1) is 17.6. The molecule has 0 bridgehead atoms. The second kappa shape index (κ2) is 18.7. The van der Waals surface area contributed by atoms with Gasteiger partial charge < -0.3 is 14.2 Å². The largest absolute Gasteiger partial charge is 0.494 e. The average Bonchev–Trinajstić information content (AvgIpc) is 2.89. The van der Waals surface area contributed by atoms with Gasteiger partial charge in [-0.15, -0.1) is 0 Å². The van der Waals surface area contributed by atoms with E-state index in [0.29, 0.717) is 13.0 Å². The highest BCUT2D eigenvalue weighted by atomic mass is 16.6. The van der Waals surface area contributed by atoms with Crippen LogP contribution in [0.25, 0.3) is 11.1 Å². The third-order valence-electron chi connectivity index (χ3n) is 6.36. The van der Waals surface area contributed by atoms with E-state index < -0.39 is 0 Å². The molecule has 0 aliphatic heterocycles. The molecule has 0 N–H and O–H groups in total. The van der Waals surface area contributed by atoms with Crippen LogP contribution in [0, 0.1) is 0 Å². The van der Waals surface area contributed by atoms with Crippen LogP contribution in [0.1, 0.15) is 104 Å². The summed E-state index contributed by atoms with van der Waals surface area (Å²) in [5.74, 6) is 1.56. The molecule has 200 valence electrons. The van der Waals surface area contributed by atoms with Crippen molar-refractivity contribution in [3.8, 4) is 22.6 Å². The molecular weight excluding hydrogens is 448 g/mol. The zero-order valence-corrected chi connectivity index (χ0v) is 22.9. The van der Waals surface area contributed by atoms with Crippen molar-refractivity contribution in [3.63, 3.8) is 0 Å². The van der Waals surface area contributed by atoms with Gasteiger partial charge in [0.25, 0.3) is 0 Å². The minimum atomic E-state index is -0.262. The number of rotatable bonds is 20. The molecule has 0 amide bonds. The summed E-state index contributed by atoms with van der Waals surface area (Å²) in [7, 11) is 0. The Balaban J connectivity index is 1.63. The highest BCUT2D eigenvalue weighted by molar-refractivity contribution is 5.69. The van der Waals surface area contributed by atoms with E-state index in [1.165, 1.54) is 51.4 Å². The molecule has 2 rings (SSSR count). The standard InChI is InChI=1S/C32H48O4/c1-4-6-8-9-10-11-12-13-15-25-34-30-21-17-28(18-22-30)29-19-23-31(24-20-29)35-26-27(3)36-32(33)16-14-7-5-2/h17-24,27H,4-16,25-26H2,1-3H3. The number of carbonyl (C=O) groups excluding carboxylic acids is 1. The van der Waals surface area contributed by atoms with Crippen LogP contribution >= 0.6 is 0 Å². The Morgan fingerprint density at radius 1 is 0.639 bits per heavy atom. The van der Waals surface area contributed by atoms with Crippen molar-refractivity contribution >= 4 is 5.97 Å². The van der Waals surface area contributed by atoms with E-state index in [2.05, 4.69) is 38.1 Å². The fraction of sp³-hybridized carbons (Fsp3) is 0.594. The zero-order chi connectivity index (χ0) is 25.8. The summed E-state index contributed by atoms with van der Waals surface area (Å²) in [6.07, 6.45) is 15.2. The van der Waals surface area contributed by atoms with E-state index in [9.17, 15) is 4.79 Å². The summed E-state index contributed by atoms with van der Waals surface area (Å²) in [6, 6.07) is 16.3. The molecule has 4 nitrogen and oxygen atoms in total. The van der Waals surface area contributed by atoms with E-state index in [0.717, 1.165) is 54.9 Å². The minimum Gasteiger partial charge on any atom is -0.494 e. The molecule has 0 saturated heterocycles. The minimum absolute atomic E-state index is 0.143. The van der Waals surface area contributed by atoms with Gasteiger partial charge in [0.05, 0.1) is 6.61 Å². The molecule has 1 atom stereocenters. The number of carbonyl (C=O) groups is 1. The van der Waals surface area contributed by atoms with Crippen LogP contribution in [0.2, 0.25) is 0 Å². The van der Waals surface area contributed by atoms with E-state index >= 15 is 0 Å². The van der Waals surface area contributed by atoms with Crippen molar-refractivity contribution in [2.24, 2.45) is 0 Å². The van der Waals surface area contributed by atoms with Crippen LogP contribution in [0.4, 0.5) is 0 Å². The Kier molecular flexibility index (Phi) is 15.5. The molecule has 0 aliphatic carbocycles. The highest BCUT2D eigenvalue weighted by Gasteiger charge is 2.10. The number of hydrogen-bond acceptors (Lipinski definition) is 4. The van der Waals surface area contributed by atoms with Crippen molar-refractivity contribution in [2.75, 3.05) is 13.2 Å². The number of ether oxygens (including phenoxy) is 3. The average molecular weight is 497 g/mol. The molecule has 0 spiro atoms. The molecule has 0 saturated carbocycles. The molecule has 0 fully saturated rings. The van der Waals surface area contributed by atoms with Gasteiger partial charge in [0.1, 0.15) is 24.2 Å². The van der Waals surface area contributed by atoms with Crippen LogP contribution in [0.15, 0.2) is 48.5 Å². The van der Waals surface area contributed by atoms with Crippen LogP contribution in [0.3, 0.4) is 0 Å². The lowest BCUT2D eigenvalue weighted by atomic mass is 10.1. The summed E-state index contributed by atoms with van der Waals surface area (Å²) in [5, 5.41) is 0. The second-order valence-corrected chi connectivity index (χ2v) is 9.79. The first kappa shape index (κ1) is 29.7. The first-order valence-corrected chi connectivity index (χ1v) is 14.3. The van der Waals surface area contributed by atoms with Gasteiger partial charge in [-0.2, -0.15) is 0 Å². The van der Waals surface area contributed by atoms with Gasteiger partial charge >= 0.3 is 5.97 Å². The van der Waals surface area contributed by atoms with Gasteiger partial charge in [0.2, 0.25) is 0 Å². The van der Waals surface area contributed by atoms with Gasteiger partial charge in [-0.1, -0.05) is 102 Å². The highest BCUT2D eigenvalue weighted by Crippen LogP contribution is 2.25. The van der Waals surface area contributed by atoms with Crippen molar-refractivity contribution < 1.29 is 19.0 Å². The van der Waals surface area contributed by atoms with E-state index in [4.69, 9.17) is 14.2 Å². The summed E-state index contributed by atoms with van der Waals surface area (Å²) in [6.45, 7) is 7.39. The molecule has 36 heavy (non-hydrogen) atoms. The monoisotopic (exact) mass is 496 g/mol. The summed E-state index contributed by atoms with van der Waals surface area (Å²) >= 11 is 0. The first-order valence-electron chi connectivity index (χ1n) is 14.3. The van der Waals surface area contributed by atoms with Crippen molar-refractivity contribution in [1.82, 2.24) is 0 Å². The van der Waals surface area contributed by atoms with Crippen molar-refractivity contribution in [1.29, 1.82) is 0 Å². The maximum Gasteiger partial charge on any atom is 0.306 e. The second-order valence-electron chi connectivity index (χ2n) is 9.79. The van der Waals surface area contributed by atoms with Gasteiger partial charge in [-0.05, 0) is 55.2 Å². The quantitative estimate of drug-likeness (QED) is 0.135. The molecular formula is C32H48O4. The van der Waals surface area contributed by atoms with Gasteiger partial charge in [-0.25, -0.2) is 0 Å². The lowest BCUT2D eigenvalue weighted by molar-refractivity contribution is -0.149. The van der Waals surface area contributed by atoms with Gasteiger partial charge in [0, 0.05) is 6.42 Å². The summed E-state index contributed by atoms with van der Waals surface area (Å²) in [5.41, 5.74) is 2.27. The lowest BCUT2D eigenvalue weighted by Crippen LogP contribution is -2.21. The van der Waals surface area contributed by atoms with Crippen molar-refractivity contribution in [3.05, 3.63) is 48.5 Å². The maximum atomic E-state index is 11.8. The number of esters is 1. The summed E-state index contributed by atoms with van der Waals surface area (Å²) in [4.78, 5) is 11.8. The van der Waals surface area contributed by atoms with Crippen molar-refractivity contribution in [2.45, 2.75) is 110 Å². The Morgan fingerprint density at radius 2 is 1.11 bits per heavy atom. The van der Waals surface area contributed by atoms with Crippen LogP contribution < -0.4 is 9.47 Å². The number of benzene rings is 2. The SMILES string of the molecule is CCCCCCCCCCCOc1ccc(-c2ccc(OCC(C)OC(=O)CCCCC)cc2)cc1.